The lowest BCUT2D eigenvalue weighted by Crippen LogP contribution is -2.10. The van der Waals surface area contributed by atoms with E-state index in [0.717, 1.165) is 33.6 Å². The molecule has 7 heteroatoms. The number of amides is 1. The Labute approximate surface area is 190 Å². The average molecular weight is 445 g/mol. The number of aryl methyl sites for hydroxylation is 1. The molecule has 0 aliphatic heterocycles. The second-order valence-corrected chi connectivity index (χ2v) is 7.57. The average Bonchev–Trinajstić information content (AvgIpc) is 3.20. The summed E-state index contributed by atoms with van der Waals surface area (Å²) < 4.78 is 2.18. The minimum absolute atomic E-state index is 0.0475. The Kier molecular flexibility index (Phi) is 6.93. The molecule has 3 aromatic carbocycles. The van der Waals surface area contributed by atoms with E-state index in [9.17, 15) is 4.79 Å². The molecule has 0 fully saturated rings. The molecule has 0 saturated carbocycles. The van der Waals surface area contributed by atoms with Gasteiger partial charge in [0.1, 0.15) is 11.8 Å². The van der Waals surface area contributed by atoms with E-state index in [-0.39, 0.29) is 16.9 Å². The molecular weight excluding hydrogens is 424 g/mol. The van der Waals surface area contributed by atoms with Gasteiger partial charge < -0.3 is 20.8 Å². The lowest BCUT2D eigenvalue weighted by Gasteiger charge is -2.08. The summed E-state index contributed by atoms with van der Waals surface area (Å²) in [5.41, 5.74) is 9.58. The summed E-state index contributed by atoms with van der Waals surface area (Å²) in [6, 6.07) is 19.9. The number of nitrogens with zero attached hydrogens (tertiary/aromatic N) is 2. The Hall–Kier alpha value is -4.08. The number of phenolic OH excluding ortho intramolecular Hbond substituents is 1. The number of carbonyl (C=O) groups excluding carboxylic acids is 1. The number of aromatic nitrogens is 1. The van der Waals surface area contributed by atoms with E-state index in [1.54, 1.807) is 6.07 Å². The Morgan fingerprint density at radius 2 is 2.00 bits per heavy atom. The Morgan fingerprint density at radius 1 is 1.22 bits per heavy atom. The van der Waals surface area contributed by atoms with Gasteiger partial charge in [0.15, 0.2) is 0 Å². The first kappa shape index (κ1) is 22.6. The number of nitrogens with one attached hydrogen (secondary N) is 1. The summed E-state index contributed by atoms with van der Waals surface area (Å²) in [6.07, 6.45) is 3.46. The van der Waals surface area contributed by atoms with Crippen LogP contribution < -0.4 is 5.73 Å². The van der Waals surface area contributed by atoms with Crippen molar-refractivity contribution in [1.29, 1.82) is 10.7 Å². The number of halogens is 1. The van der Waals surface area contributed by atoms with Gasteiger partial charge in [-0.1, -0.05) is 35.9 Å². The highest BCUT2D eigenvalue weighted by Crippen LogP contribution is 2.22. The Morgan fingerprint density at radius 3 is 2.66 bits per heavy atom. The first-order valence-corrected chi connectivity index (χ1v) is 10.1. The van der Waals surface area contributed by atoms with Crippen LogP contribution >= 0.6 is 11.6 Å². The van der Waals surface area contributed by atoms with Crippen molar-refractivity contribution in [3.8, 4) is 11.8 Å². The van der Waals surface area contributed by atoms with Crippen LogP contribution in [0.25, 0.3) is 10.9 Å². The van der Waals surface area contributed by atoms with Crippen LogP contribution in [-0.2, 0) is 6.54 Å². The molecule has 4 aromatic rings. The smallest absolute Gasteiger partial charge is 0.248 e. The van der Waals surface area contributed by atoms with Crippen molar-refractivity contribution in [2.45, 2.75) is 13.5 Å². The monoisotopic (exact) mass is 444 g/mol. The number of nitrogens with two attached hydrogens (primary N) is 1. The van der Waals surface area contributed by atoms with E-state index in [0.29, 0.717) is 0 Å². The van der Waals surface area contributed by atoms with Gasteiger partial charge in [0.25, 0.3) is 0 Å². The molecule has 160 valence electrons. The SMILES string of the molecule is Cc1ccc(Cn2ccc3c(C=N)cccc32)cc1Cl.N#Cc1cc(C(N)=O)ccc1O. The number of nitriles is 1. The fourth-order valence-electron chi connectivity index (χ4n) is 3.22. The number of carbonyl (C=O) groups is 1. The van der Waals surface area contributed by atoms with E-state index >= 15 is 0 Å². The standard InChI is InChI=1S/C17H15ClN2.C8H6N2O2/c1-12-5-6-13(9-16(12)18)11-20-8-7-15-14(10-19)3-2-4-17(15)20;9-4-6-3-5(8(10)12)1-2-7(6)11/h2-10,19H,11H2,1H3;1-3,11H,(H2,10,12). The van der Waals surface area contributed by atoms with E-state index in [1.807, 2.05) is 31.2 Å². The molecule has 0 spiro atoms. The zero-order valence-corrected chi connectivity index (χ0v) is 18.1. The van der Waals surface area contributed by atoms with Crippen LogP contribution in [0.5, 0.6) is 5.75 Å². The molecule has 4 N–H and O–H groups in total. The number of fused-ring (bicyclic) bond motifs is 1. The van der Waals surface area contributed by atoms with Crippen LogP contribution in [0, 0.1) is 23.7 Å². The highest BCUT2D eigenvalue weighted by Gasteiger charge is 2.06. The van der Waals surface area contributed by atoms with Gasteiger partial charge in [-0.2, -0.15) is 5.26 Å². The van der Waals surface area contributed by atoms with Crippen molar-refractivity contribution < 1.29 is 9.90 Å². The maximum Gasteiger partial charge on any atom is 0.248 e. The number of rotatable bonds is 4. The van der Waals surface area contributed by atoms with E-state index in [4.69, 9.17) is 33.1 Å². The topological polar surface area (TPSA) is 116 Å². The van der Waals surface area contributed by atoms with Gasteiger partial charge in [-0.15, -0.1) is 0 Å². The van der Waals surface area contributed by atoms with Crippen molar-refractivity contribution >= 4 is 34.6 Å². The first-order valence-electron chi connectivity index (χ1n) is 9.70. The molecule has 0 radical (unpaired) electrons. The number of phenols is 1. The minimum atomic E-state index is -0.619. The lowest BCUT2D eigenvalue weighted by molar-refractivity contribution is 0.1000. The normalized spacial score (nSPS) is 10.2. The first-order chi connectivity index (χ1) is 15.3. The van der Waals surface area contributed by atoms with E-state index in [1.165, 1.54) is 30.0 Å². The van der Waals surface area contributed by atoms with Crippen molar-refractivity contribution in [1.82, 2.24) is 4.57 Å². The third-order valence-electron chi connectivity index (χ3n) is 4.99. The molecule has 0 aliphatic rings. The van der Waals surface area contributed by atoms with Gasteiger partial charge in [0.05, 0.1) is 5.56 Å². The predicted molar refractivity (Wildman–Crippen MR) is 126 cm³/mol. The molecule has 6 nitrogen and oxygen atoms in total. The number of aromatic hydroxyl groups is 1. The van der Waals surface area contributed by atoms with Gasteiger partial charge in [0, 0.05) is 46.0 Å². The Balaban J connectivity index is 0.000000207. The third kappa shape index (κ3) is 4.97. The van der Waals surface area contributed by atoms with Crippen LogP contribution in [-0.4, -0.2) is 21.8 Å². The zero-order valence-electron chi connectivity index (χ0n) is 17.3. The number of hydrogen-bond acceptors (Lipinski definition) is 4. The van der Waals surface area contributed by atoms with Gasteiger partial charge in [0.2, 0.25) is 5.91 Å². The van der Waals surface area contributed by atoms with Crippen molar-refractivity contribution in [3.63, 3.8) is 0 Å². The molecular formula is C25H21ClN4O2. The molecule has 32 heavy (non-hydrogen) atoms. The number of benzene rings is 3. The van der Waals surface area contributed by atoms with Crippen LogP contribution in [0.4, 0.5) is 0 Å². The number of primary amides is 1. The maximum atomic E-state index is 10.6. The fourth-order valence-corrected chi connectivity index (χ4v) is 3.42. The van der Waals surface area contributed by atoms with Gasteiger partial charge >= 0.3 is 0 Å². The van der Waals surface area contributed by atoms with E-state index < -0.39 is 5.91 Å². The van der Waals surface area contributed by atoms with Crippen molar-refractivity contribution in [3.05, 3.63) is 99.7 Å². The molecule has 4 rings (SSSR count). The molecule has 1 aromatic heterocycles. The highest BCUT2D eigenvalue weighted by atomic mass is 35.5. The summed E-state index contributed by atoms with van der Waals surface area (Å²) >= 11 is 6.18. The van der Waals surface area contributed by atoms with Crippen molar-refractivity contribution in [2.75, 3.05) is 0 Å². The second kappa shape index (κ2) is 9.82. The summed E-state index contributed by atoms with van der Waals surface area (Å²) in [7, 11) is 0. The second-order valence-electron chi connectivity index (χ2n) is 7.16. The van der Waals surface area contributed by atoms with E-state index in [2.05, 4.69) is 29.0 Å². The molecule has 0 unspecified atom stereocenters. The molecule has 1 amide bonds. The zero-order chi connectivity index (χ0) is 23.3. The minimum Gasteiger partial charge on any atom is -0.507 e. The van der Waals surface area contributed by atoms with Crippen LogP contribution in [0.2, 0.25) is 5.02 Å². The quantitative estimate of drug-likeness (QED) is 0.384. The van der Waals surface area contributed by atoms with Crippen molar-refractivity contribution in [2.24, 2.45) is 5.73 Å². The maximum absolute atomic E-state index is 10.6. The van der Waals surface area contributed by atoms with Gasteiger partial charge in [-0.05, 0) is 54.4 Å². The molecule has 0 bridgehead atoms. The molecule has 1 heterocycles. The molecule has 0 saturated heterocycles. The summed E-state index contributed by atoms with van der Waals surface area (Å²) in [5.74, 6) is -0.769. The highest BCUT2D eigenvalue weighted by molar-refractivity contribution is 6.31. The number of hydrogen-bond donors (Lipinski definition) is 3. The molecule has 0 atom stereocenters. The summed E-state index contributed by atoms with van der Waals surface area (Å²) in [5, 5.41) is 26.9. The fraction of sp³-hybridized carbons (Fsp3) is 0.0800. The Bertz CT molecular complexity index is 1350. The van der Waals surface area contributed by atoms with Gasteiger partial charge in [-0.25, -0.2) is 0 Å². The predicted octanol–water partition coefficient (Wildman–Crippen LogP) is 5.01. The van der Waals surface area contributed by atoms with Crippen LogP contribution in [0.3, 0.4) is 0 Å². The largest absolute Gasteiger partial charge is 0.507 e. The van der Waals surface area contributed by atoms with Gasteiger partial charge in [-0.3, -0.25) is 4.79 Å². The summed E-state index contributed by atoms with van der Waals surface area (Å²) in [6.45, 7) is 2.79. The van der Waals surface area contributed by atoms with Crippen LogP contribution in [0.1, 0.15) is 32.6 Å². The third-order valence-corrected chi connectivity index (χ3v) is 5.40. The van der Waals surface area contributed by atoms with Crippen LogP contribution in [0.15, 0.2) is 66.9 Å². The summed E-state index contributed by atoms with van der Waals surface area (Å²) in [4.78, 5) is 10.6. The molecule has 0 aliphatic carbocycles. The lowest BCUT2D eigenvalue weighted by atomic mass is 10.1.